The molecule has 3 aromatic rings. The molecule has 1 aliphatic heterocycles. The first-order valence-corrected chi connectivity index (χ1v) is 11.4. The van der Waals surface area contributed by atoms with E-state index in [1.165, 1.54) is 24.3 Å². The van der Waals surface area contributed by atoms with Gasteiger partial charge in [0.2, 0.25) is 5.95 Å². The number of piperazine rings is 1. The van der Waals surface area contributed by atoms with Crippen LogP contribution in [0, 0.1) is 17.8 Å². The van der Waals surface area contributed by atoms with Gasteiger partial charge in [-0.05, 0) is 48.9 Å². The summed E-state index contributed by atoms with van der Waals surface area (Å²) in [4.78, 5) is 24.1. The molecule has 11 heteroatoms. The Kier molecular flexibility index (Phi) is 7.71. The minimum Gasteiger partial charge on any atom is -0.381 e. The molecule has 0 aliphatic carbocycles. The molecule has 37 heavy (non-hydrogen) atoms. The van der Waals surface area contributed by atoms with Crippen molar-refractivity contribution in [3.05, 3.63) is 82.6 Å². The van der Waals surface area contributed by atoms with Crippen molar-refractivity contribution in [2.75, 3.05) is 44.3 Å². The summed E-state index contributed by atoms with van der Waals surface area (Å²) in [6.45, 7) is 3.13. The number of benzene rings is 2. The number of halogens is 4. The van der Waals surface area contributed by atoms with E-state index in [0.29, 0.717) is 18.7 Å². The molecule has 3 N–H and O–H groups in total. The molecule has 0 radical (unpaired) electrons. The van der Waals surface area contributed by atoms with Crippen LogP contribution in [0.4, 0.5) is 29.1 Å². The molecular formula is C26H24F4N6O. The number of nitrogens with zero attached hydrogens (tertiary/aromatic N) is 4. The number of aromatic nitrogens is 2. The number of carbonyl (C=O) groups is 1. The largest absolute Gasteiger partial charge is 0.416 e. The lowest BCUT2D eigenvalue weighted by Gasteiger charge is -2.33. The van der Waals surface area contributed by atoms with Gasteiger partial charge in [-0.25, -0.2) is 9.97 Å². The number of hydrogen-bond donors (Lipinski definition) is 2. The van der Waals surface area contributed by atoms with Crippen molar-refractivity contribution in [3.63, 3.8) is 0 Å². The summed E-state index contributed by atoms with van der Waals surface area (Å²) in [5, 5.41) is 2.53. The third kappa shape index (κ3) is 6.81. The summed E-state index contributed by atoms with van der Waals surface area (Å²) in [6.07, 6.45) is -3.70. The summed E-state index contributed by atoms with van der Waals surface area (Å²) in [5.74, 6) is 3.85. The number of anilines is 2. The zero-order chi connectivity index (χ0) is 26.6. The second kappa shape index (κ2) is 10.9. The SMILES string of the molecule is CN1CCN(Cc2ccc(NC(=O)c3cccc(C#Cc4nc(F)cnc4N)c3)cc2C(F)(F)F)CC1. The summed E-state index contributed by atoms with van der Waals surface area (Å²) in [6, 6.07) is 9.97. The van der Waals surface area contributed by atoms with Crippen LogP contribution in [0.1, 0.15) is 32.7 Å². The molecule has 0 spiro atoms. The second-order valence-electron chi connectivity index (χ2n) is 8.66. The molecule has 1 amide bonds. The summed E-state index contributed by atoms with van der Waals surface area (Å²) in [7, 11) is 1.98. The van der Waals surface area contributed by atoms with Crippen molar-refractivity contribution < 1.29 is 22.4 Å². The lowest BCUT2D eigenvalue weighted by molar-refractivity contribution is -0.138. The first-order valence-electron chi connectivity index (χ1n) is 11.4. The third-order valence-electron chi connectivity index (χ3n) is 5.88. The van der Waals surface area contributed by atoms with Crippen LogP contribution in [-0.4, -0.2) is 58.9 Å². The maximum absolute atomic E-state index is 13.8. The van der Waals surface area contributed by atoms with Crippen LogP contribution in [0.25, 0.3) is 0 Å². The van der Waals surface area contributed by atoms with E-state index < -0.39 is 23.6 Å². The molecule has 0 saturated carbocycles. The monoisotopic (exact) mass is 512 g/mol. The smallest absolute Gasteiger partial charge is 0.381 e. The Labute approximate surface area is 211 Å². The standard InChI is InChI=1S/C26H24F4N6O/c1-35-9-11-36(12-10-35)16-19-6-7-20(14-21(19)26(28,29)30)33-25(37)18-4-2-3-17(13-18)5-8-22-24(31)32-15-23(27)34-22/h2-4,6-7,13-15H,9-12,16H2,1H3,(H2,31,32)(H,33,37). The minimum atomic E-state index is -4.57. The number of alkyl halides is 3. The molecule has 7 nitrogen and oxygen atoms in total. The van der Waals surface area contributed by atoms with Gasteiger partial charge in [-0.3, -0.25) is 9.69 Å². The highest BCUT2D eigenvalue weighted by Crippen LogP contribution is 2.34. The van der Waals surface area contributed by atoms with E-state index in [0.717, 1.165) is 25.4 Å². The second-order valence-corrected chi connectivity index (χ2v) is 8.66. The minimum absolute atomic E-state index is 0.0266. The van der Waals surface area contributed by atoms with Crippen LogP contribution in [0.2, 0.25) is 0 Å². The first-order chi connectivity index (χ1) is 17.6. The first kappa shape index (κ1) is 26.1. The van der Waals surface area contributed by atoms with Crippen molar-refractivity contribution in [2.45, 2.75) is 12.7 Å². The zero-order valence-corrected chi connectivity index (χ0v) is 19.9. The Balaban J connectivity index is 1.51. The summed E-state index contributed by atoms with van der Waals surface area (Å²) in [5.41, 5.74) is 5.57. The zero-order valence-electron chi connectivity index (χ0n) is 19.9. The molecule has 2 heterocycles. The number of amides is 1. The van der Waals surface area contributed by atoms with Gasteiger partial charge in [0.1, 0.15) is 0 Å². The maximum atomic E-state index is 13.8. The molecule has 0 atom stereocenters. The van der Waals surface area contributed by atoms with Gasteiger partial charge in [0.25, 0.3) is 5.91 Å². The van der Waals surface area contributed by atoms with Crippen LogP contribution in [-0.2, 0) is 12.7 Å². The Morgan fingerprint density at radius 2 is 1.86 bits per heavy atom. The normalized spacial score (nSPS) is 14.6. The third-order valence-corrected chi connectivity index (χ3v) is 5.88. The van der Waals surface area contributed by atoms with Gasteiger partial charge in [0.15, 0.2) is 11.5 Å². The van der Waals surface area contributed by atoms with Gasteiger partial charge in [0.05, 0.1) is 11.8 Å². The highest BCUT2D eigenvalue weighted by atomic mass is 19.4. The fourth-order valence-corrected chi connectivity index (χ4v) is 3.84. The van der Waals surface area contributed by atoms with Gasteiger partial charge in [-0.15, -0.1) is 0 Å². The number of carbonyl (C=O) groups excluding carboxylic acids is 1. The lowest BCUT2D eigenvalue weighted by atomic mass is 10.0. The van der Waals surface area contributed by atoms with Crippen molar-refractivity contribution in [3.8, 4) is 11.8 Å². The topological polar surface area (TPSA) is 87.4 Å². The number of likely N-dealkylation sites (N-methyl/N-ethyl adjacent to an activating group) is 1. The Bertz CT molecular complexity index is 1360. The van der Waals surface area contributed by atoms with E-state index >= 15 is 0 Å². The van der Waals surface area contributed by atoms with Gasteiger partial charge >= 0.3 is 6.18 Å². The molecule has 1 fully saturated rings. The molecule has 0 bridgehead atoms. The fourth-order valence-electron chi connectivity index (χ4n) is 3.84. The number of rotatable bonds is 4. The summed E-state index contributed by atoms with van der Waals surface area (Å²) < 4.78 is 54.8. The molecule has 0 unspecified atom stereocenters. The number of hydrogen-bond acceptors (Lipinski definition) is 6. The van der Waals surface area contributed by atoms with E-state index in [4.69, 9.17) is 5.73 Å². The summed E-state index contributed by atoms with van der Waals surface area (Å²) >= 11 is 0. The van der Waals surface area contributed by atoms with E-state index in [2.05, 4.69) is 32.0 Å². The average Bonchev–Trinajstić information content (AvgIpc) is 2.86. The average molecular weight is 513 g/mol. The number of nitrogens with one attached hydrogen (secondary N) is 1. The van der Waals surface area contributed by atoms with Gasteiger partial charge in [-0.2, -0.15) is 17.6 Å². The van der Waals surface area contributed by atoms with Crippen LogP contribution >= 0.6 is 0 Å². The molecular weight excluding hydrogens is 488 g/mol. The van der Waals surface area contributed by atoms with E-state index in [9.17, 15) is 22.4 Å². The van der Waals surface area contributed by atoms with Crippen molar-refractivity contribution in [1.29, 1.82) is 0 Å². The number of nitrogens with two attached hydrogens (primary N) is 1. The molecule has 2 aromatic carbocycles. The Morgan fingerprint density at radius 1 is 1.11 bits per heavy atom. The van der Waals surface area contributed by atoms with Crippen molar-refractivity contribution in [1.82, 2.24) is 19.8 Å². The number of nitrogen functional groups attached to an aromatic ring is 1. The van der Waals surface area contributed by atoms with Gasteiger partial charge < -0.3 is 16.0 Å². The Morgan fingerprint density at radius 3 is 2.59 bits per heavy atom. The predicted molar refractivity (Wildman–Crippen MR) is 131 cm³/mol. The molecule has 1 aliphatic rings. The van der Waals surface area contributed by atoms with Crippen molar-refractivity contribution >= 4 is 17.4 Å². The van der Waals surface area contributed by atoms with Crippen LogP contribution in [0.3, 0.4) is 0 Å². The fraction of sp³-hybridized carbons (Fsp3) is 0.269. The van der Waals surface area contributed by atoms with E-state index in [1.54, 1.807) is 12.1 Å². The van der Waals surface area contributed by atoms with E-state index in [-0.39, 0.29) is 34.9 Å². The van der Waals surface area contributed by atoms with Crippen LogP contribution in [0.15, 0.2) is 48.7 Å². The van der Waals surface area contributed by atoms with Crippen molar-refractivity contribution in [2.24, 2.45) is 0 Å². The maximum Gasteiger partial charge on any atom is 0.416 e. The molecule has 4 rings (SSSR count). The van der Waals surface area contributed by atoms with Gasteiger partial charge in [-0.1, -0.05) is 18.1 Å². The highest BCUT2D eigenvalue weighted by Gasteiger charge is 2.34. The van der Waals surface area contributed by atoms with Crippen LogP contribution in [0.5, 0.6) is 0 Å². The Hall–Kier alpha value is -4.01. The quantitative estimate of drug-likeness (QED) is 0.410. The molecule has 192 valence electrons. The lowest BCUT2D eigenvalue weighted by Crippen LogP contribution is -2.44. The van der Waals surface area contributed by atoms with Gasteiger partial charge in [0, 0.05) is 49.5 Å². The molecule has 1 saturated heterocycles. The highest BCUT2D eigenvalue weighted by molar-refractivity contribution is 6.04. The van der Waals surface area contributed by atoms with Crippen LogP contribution < -0.4 is 11.1 Å². The molecule has 1 aromatic heterocycles. The van der Waals surface area contributed by atoms with E-state index in [1.807, 2.05) is 11.9 Å². The predicted octanol–water partition coefficient (Wildman–Crippen LogP) is 3.62.